The SMILES string of the molecule is CC1(C)c2cc(/C=C/c3ccc4c(ccc5cc(N6c7ccccc7C=Cc7ccccc76)ccc54)c3)ccc2-c2ccc(N3c4ccccc4C(C)(C)c4ccccc43)cc21. The van der Waals surface area contributed by atoms with Crippen molar-refractivity contribution in [2.75, 3.05) is 9.80 Å². The summed E-state index contributed by atoms with van der Waals surface area (Å²) >= 11 is 0. The first-order valence-corrected chi connectivity index (χ1v) is 21.8. The van der Waals surface area contributed by atoms with E-state index in [1.807, 2.05) is 0 Å². The van der Waals surface area contributed by atoms with Crippen LogP contribution in [0.2, 0.25) is 0 Å². The van der Waals surface area contributed by atoms with Crippen LogP contribution in [0, 0.1) is 0 Å². The minimum absolute atomic E-state index is 0.0842. The van der Waals surface area contributed by atoms with Gasteiger partial charge in [0.25, 0.3) is 0 Å². The molecule has 12 rings (SSSR count). The van der Waals surface area contributed by atoms with E-state index in [0.29, 0.717) is 0 Å². The number of hydrogen-bond acceptors (Lipinski definition) is 2. The van der Waals surface area contributed by atoms with E-state index in [4.69, 9.17) is 0 Å². The smallest absolute Gasteiger partial charge is 0.0534 e. The zero-order valence-electron chi connectivity index (χ0n) is 35.5. The largest absolute Gasteiger partial charge is 0.310 e. The molecular weight excluding hydrogens is 749 g/mol. The fraction of sp³-hybridized carbons (Fsp3) is 0.100. The third-order valence-electron chi connectivity index (χ3n) is 13.9. The van der Waals surface area contributed by atoms with Gasteiger partial charge in [0, 0.05) is 22.2 Å². The number of para-hydroxylation sites is 4. The Morgan fingerprint density at radius 2 is 0.790 bits per heavy atom. The Bertz CT molecular complexity index is 3280. The molecule has 2 heterocycles. The van der Waals surface area contributed by atoms with Gasteiger partial charge < -0.3 is 9.80 Å². The average Bonchev–Trinajstić information content (AvgIpc) is 3.40. The highest BCUT2D eigenvalue weighted by atomic mass is 15.2. The van der Waals surface area contributed by atoms with Gasteiger partial charge in [-0.2, -0.15) is 0 Å². The minimum Gasteiger partial charge on any atom is -0.310 e. The first kappa shape index (κ1) is 36.4. The van der Waals surface area contributed by atoms with Crippen LogP contribution in [-0.2, 0) is 10.8 Å². The van der Waals surface area contributed by atoms with Gasteiger partial charge in [-0.1, -0.05) is 179 Å². The second-order valence-electron chi connectivity index (χ2n) is 18.2. The summed E-state index contributed by atoms with van der Waals surface area (Å²) in [4.78, 5) is 4.87. The van der Waals surface area contributed by atoms with Crippen molar-refractivity contribution in [1.29, 1.82) is 0 Å². The summed E-state index contributed by atoms with van der Waals surface area (Å²) in [6.07, 6.45) is 8.98. The van der Waals surface area contributed by atoms with Crippen LogP contribution in [-0.4, -0.2) is 0 Å². The molecular formula is C60H46N2. The molecule has 0 radical (unpaired) electrons. The lowest BCUT2D eigenvalue weighted by Crippen LogP contribution is -2.30. The molecule has 9 aromatic carbocycles. The second-order valence-corrected chi connectivity index (χ2v) is 18.2. The van der Waals surface area contributed by atoms with Crippen molar-refractivity contribution < 1.29 is 0 Å². The third-order valence-corrected chi connectivity index (χ3v) is 13.9. The highest BCUT2D eigenvalue weighted by Gasteiger charge is 2.39. The van der Waals surface area contributed by atoms with Gasteiger partial charge >= 0.3 is 0 Å². The number of nitrogens with zero attached hydrogens (tertiary/aromatic N) is 2. The number of benzene rings is 9. The Balaban J connectivity index is 0.844. The fourth-order valence-electron chi connectivity index (χ4n) is 10.7. The third kappa shape index (κ3) is 5.49. The molecule has 62 heavy (non-hydrogen) atoms. The van der Waals surface area contributed by atoms with Gasteiger partial charge in [-0.15, -0.1) is 0 Å². The zero-order valence-corrected chi connectivity index (χ0v) is 35.5. The molecule has 2 heteroatoms. The molecule has 0 atom stereocenters. The predicted molar refractivity (Wildman–Crippen MR) is 265 cm³/mol. The van der Waals surface area contributed by atoms with Crippen molar-refractivity contribution in [1.82, 2.24) is 0 Å². The molecule has 0 unspecified atom stereocenters. The van der Waals surface area contributed by atoms with Gasteiger partial charge in [-0.05, 0) is 132 Å². The molecule has 3 aliphatic rings. The van der Waals surface area contributed by atoms with Crippen LogP contribution in [0.25, 0.3) is 57.0 Å². The van der Waals surface area contributed by atoms with E-state index in [0.717, 1.165) is 5.69 Å². The summed E-state index contributed by atoms with van der Waals surface area (Å²) in [5.41, 5.74) is 19.9. The second kappa shape index (κ2) is 13.5. The Labute approximate surface area is 364 Å². The molecule has 0 N–H and O–H groups in total. The Morgan fingerprint density at radius 3 is 1.44 bits per heavy atom. The van der Waals surface area contributed by atoms with Crippen LogP contribution < -0.4 is 9.80 Å². The normalized spacial score (nSPS) is 15.2. The van der Waals surface area contributed by atoms with E-state index in [9.17, 15) is 0 Å². The van der Waals surface area contributed by atoms with Crippen molar-refractivity contribution in [3.8, 4) is 11.1 Å². The molecule has 296 valence electrons. The first-order chi connectivity index (χ1) is 30.2. The molecule has 0 bridgehead atoms. The Hall–Kier alpha value is -7.42. The van der Waals surface area contributed by atoms with E-state index in [2.05, 4.69) is 244 Å². The zero-order chi connectivity index (χ0) is 41.7. The summed E-state index contributed by atoms with van der Waals surface area (Å²) in [5, 5.41) is 5.00. The van der Waals surface area contributed by atoms with Crippen LogP contribution in [0.4, 0.5) is 34.1 Å². The molecule has 0 spiro atoms. The molecule has 9 aromatic rings. The highest BCUT2D eigenvalue weighted by Crippen LogP contribution is 2.55. The molecule has 2 aliphatic heterocycles. The molecule has 2 nitrogen and oxygen atoms in total. The minimum atomic E-state index is -0.153. The van der Waals surface area contributed by atoms with Crippen LogP contribution in [0.5, 0.6) is 0 Å². The lowest BCUT2D eigenvalue weighted by atomic mass is 9.73. The van der Waals surface area contributed by atoms with Crippen molar-refractivity contribution in [3.63, 3.8) is 0 Å². The highest BCUT2D eigenvalue weighted by molar-refractivity contribution is 6.09. The van der Waals surface area contributed by atoms with E-state index < -0.39 is 0 Å². The Kier molecular flexibility index (Phi) is 7.96. The standard InChI is InChI=1S/C60H46N2/c1-59(2)51-15-7-11-19-57(51)62(58-20-12-8-16-52(58)59)46-30-34-50-49-32-24-40(36-53(49)60(3,4)54(50)38-46)22-21-39-23-31-47-43(35-39)27-28-44-37-45(29-33-48(44)47)61-55-17-9-5-13-41(55)25-26-42-14-6-10-18-56(42)61/h5-38H,1-4H3/b22-21+. The molecule has 0 saturated heterocycles. The van der Waals surface area contributed by atoms with Crippen molar-refractivity contribution in [3.05, 3.63) is 226 Å². The van der Waals surface area contributed by atoms with Crippen LogP contribution in [0.15, 0.2) is 182 Å². The summed E-state index contributed by atoms with van der Waals surface area (Å²) in [6.45, 7) is 9.47. The van der Waals surface area contributed by atoms with Crippen LogP contribution >= 0.6 is 0 Å². The number of fused-ring (bicyclic) bond motifs is 10. The maximum absolute atomic E-state index is 2.47. The number of anilines is 6. The van der Waals surface area contributed by atoms with E-state index in [1.54, 1.807) is 0 Å². The molecule has 0 aromatic heterocycles. The van der Waals surface area contributed by atoms with E-state index in [-0.39, 0.29) is 10.8 Å². The van der Waals surface area contributed by atoms with Gasteiger partial charge in [0.15, 0.2) is 0 Å². The molecule has 0 saturated carbocycles. The van der Waals surface area contributed by atoms with Gasteiger partial charge in [-0.25, -0.2) is 0 Å². The molecule has 1 aliphatic carbocycles. The number of rotatable bonds is 4. The average molecular weight is 795 g/mol. The van der Waals surface area contributed by atoms with Gasteiger partial charge in [0.1, 0.15) is 0 Å². The maximum atomic E-state index is 2.47. The summed E-state index contributed by atoms with van der Waals surface area (Å²) < 4.78 is 0. The first-order valence-electron chi connectivity index (χ1n) is 21.8. The van der Waals surface area contributed by atoms with E-state index >= 15 is 0 Å². The van der Waals surface area contributed by atoms with Crippen LogP contribution in [0.3, 0.4) is 0 Å². The number of hydrogen-bond donors (Lipinski definition) is 0. The van der Waals surface area contributed by atoms with Gasteiger partial charge in [0.2, 0.25) is 0 Å². The summed E-state index contributed by atoms with van der Waals surface area (Å²) in [5.74, 6) is 0. The lowest BCUT2D eigenvalue weighted by molar-refractivity contribution is 0.631. The van der Waals surface area contributed by atoms with Crippen molar-refractivity contribution in [2.45, 2.75) is 38.5 Å². The Morgan fingerprint density at radius 1 is 0.355 bits per heavy atom. The van der Waals surface area contributed by atoms with Crippen molar-refractivity contribution in [2.24, 2.45) is 0 Å². The van der Waals surface area contributed by atoms with E-state index in [1.165, 1.54) is 106 Å². The quantitative estimate of drug-likeness (QED) is 0.129. The van der Waals surface area contributed by atoms with Gasteiger partial charge in [0.05, 0.1) is 22.7 Å². The van der Waals surface area contributed by atoms with Gasteiger partial charge in [-0.3, -0.25) is 0 Å². The topological polar surface area (TPSA) is 6.48 Å². The lowest BCUT2D eigenvalue weighted by Gasteiger charge is -2.42. The fourth-order valence-corrected chi connectivity index (χ4v) is 10.7. The maximum Gasteiger partial charge on any atom is 0.0534 e. The molecule has 0 fully saturated rings. The summed E-state index contributed by atoms with van der Waals surface area (Å²) in [6, 6.07) is 67.6. The monoisotopic (exact) mass is 794 g/mol. The van der Waals surface area contributed by atoms with Crippen LogP contribution in [0.1, 0.15) is 72.2 Å². The predicted octanol–water partition coefficient (Wildman–Crippen LogP) is 16.5. The van der Waals surface area contributed by atoms with Crippen molar-refractivity contribution >= 4 is 80.0 Å². The summed E-state index contributed by atoms with van der Waals surface area (Å²) in [7, 11) is 0. The molecule has 0 amide bonds.